The normalized spacial score (nSPS) is 32.7. The molecule has 0 bridgehead atoms. The summed E-state index contributed by atoms with van der Waals surface area (Å²) in [7, 11) is 1.61. The maximum atomic E-state index is 12.5. The summed E-state index contributed by atoms with van der Waals surface area (Å²) >= 11 is -1.29. The number of nitrogens with zero attached hydrogens (tertiary/aromatic N) is 2. The average Bonchev–Trinajstić information content (AvgIpc) is 2.88. The van der Waals surface area contributed by atoms with Crippen LogP contribution in [0.4, 0.5) is 0 Å². The first-order chi connectivity index (χ1) is 8.95. The zero-order valence-corrected chi connectivity index (χ0v) is 12.1. The molecule has 0 aromatic rings. The first-order valence-electron chi connectivity index (χ1n) is 6.04. The van der Waals surface area contributed by atoms with Crippen LogP contribution in [0.1, 0.15) is 12.8 Å². The number of fused-ring (bicyclic) bond motifs is 1. The minimum absolute atomic E-state index is 0.0911. The third-order valence-corrected chi connectivity index (χ3v) is 4.27. The summed E-state index contributed by atoms with van der Waals surface area (Å²) in [5.74, 6) is -0.844. The molecule has 18 heavy (non-hydrogen) atoms. The number of halogens is 1. The van der Waals surface area contributed by atoms with Gasteiger partial charge in [-0.3, -0.25) is 0 Å². The van der Waals surface area contributed by atoms with E-state index in [9.17, 15) is 14.4 Å². The number of rotatable bonds is 5. The summed E-state index contributed by atoms with van der Waals surface area (Å²) in [6.07, 6.45) is 0.478. The number of carbonyl (C=O) groups excluding carboxylic acids is 3. The van der Waals surface area contributed by atoms with Gasteiger partial charge >= 0.3 is 119 Å². The van der Waals surface area contributed by atoms with E-state index in [1.807, 2.05) is 0 Å². The molecule has 2 saturated heterocycles. The molecule has 0 aromatic heterocycles. The van der Waals surface area contributed by atoms with Crippen molar-refractivity contribution in [2.24, 2.45) is 5.73 Å². The van der Waals surface area contributed by atoms with Gasteiger partial charge in [-0.2, -0.15) is 0 Å². The van der Waals surface area contributed by atoms with Crippen molar-refractivity contribution in [3.63, 3.8) is 0 Å². The van der Waals surface area contributed by atoms with Gasteiger partial charge in [0.2, 0.25) is 0 Å². The van der Waals surface area contributed by atoms with Crippen LogP contribution in [0, 0.1) is 0 Å². The quantitative estimate of drug-likeness (QED) is 0.373. The number of amides is 2. The molecule has 7 nitrogen and oxygen atoms in total. The van der Waals surface area contributed by atoms with Crippen LogP contribution in [-0.2, 0) is 14.4 Å². The summed E-state index contributed by atoms with van der Waals surface area (Å²) in [4.78, 5) is 35.4. The summed E-state index contributed by atoms with van der Waals surface area (Å²) in [6, 6.07) is -0.527. The molecule has 0 saturated carbocycles. The molecule has 3 N–H and O–H groups in total. The molecule has 102 valence electrons. The summed E-state index contributed by atoms with van der Waals surface area (Å²) < 4.78 is 7.10. The molecule has 0 aliphatic carbocycles. The van der Waals surface area contributed by atoms with Crippen molar-refractivity contribution in [2.45, 2.75) is 24.4 Å². The van der Waals surface area contributed by atoms with Crippen molar-refractivity contribution in [2.75, 3.05) is 20.1 Å². The van der Waals surface area contributed by atoms with E-state index in [1.54, 1.807) is 12.1 Å². The summed E-state index contributed by atoms with van der Waals surface area (Å²) in [5.41, 5.74) is 4.17. The molecule has 2 fully saturated rings. The molecular formula is C10H16IN4O3-. The molecule has 2 heterocycles. The molecule has 0 spiro atoms. The van der Waals surface area contributed by atoms with Gasteiger partial charge in [-0.05, 0) is 0 Å². The first-order valence-corrected chi connectivity index (χ1v) is 6.74. The molecule has 2 rings (SSSR count). The summed E-state index contributed by atoms with van der Waals surface area (Å²) in [6.45, 7) is 0.930. The minimum atomic E-state index is -1.29. The van der Waals surface area contributed by atoms with Crippen molar-refractivity contribution in [1.29, 1.82) is 0.594 Å². The van der Waals surface area contributed by atoms with E-state index >= 15 is 0 Å². The number of hydrogen-bond acceptors (Lipinski definition) is 5. The summed E-state index contributed by atoms with van der Waals surface area (Å²) in [5, 5.41) is 6.09. The van der Waals surface area contributed by atoms with E-state index in [4.69, 9.17) is 6.33 Å². The van der Waals surface area contributed by atoms with E-state index in [1.165, 1.54) is 5.01 Å². The van der Waals surface area contributed by atoms with Gasteiger partial charge in [0.05, 0.1) is 0 Å². The Morgan fingerprint density at radius 2 is 2.44 bits per heavy atom. The molecule has 2 aliphatic heterocycles. The second-order valence-corrected chi connectivity index (χ2v) is 5.68. The van der Waals surface area contributed by atoms with Gasteiger partial charge in [0.1, 0.15) is 0 Å². The molecule has 2 amide bonds. The zero-order chi connectivity index (χ0) is 14.2. The Morgan fingerprint density at radius 1 is 1.72 bits per heavy atom. The zero-order valence-electron chi connectivity index (χ0n) is 11.0. The number of carbonyl (C=O) groups is 3. The number of hydrazine groups is 1. The van der Waals surface area contributed by atoms with Crippen LogP contribution >= 0.6 is 0 Å². The van der Waals surface area contributed by atoms with E-state index in [2.05, 4.69) is 5.32 Å². The third-order valence-electron chi connectivity index (χ3n) is 3.55. The van der Waals surface area contributed by atoms with E-state index in [-0.39, 0.29) is 16.1 Å². The van der Waals surface area contributed by atoms with Gasteiger partial charge in [0.25, 0.3) is 0 Å². The number of nitrogens with one attached hydrogen (secondary N) is 1. The molecule has 0 aromatic carbocycles. The van der Waals surface area contributed by atoms with Crippen LogP contribution in [-0.4, -0.2) is 57.9 Å². The van der Waals surface area contributed by atoms with E-state index < -0.39 is 39.9 Å². The predicted molar refractivity (Wildman–Crippen MR) is 58.8 cm³/mol. The van der Waals surface area contributed by atoms with Gasteiger partial charge < -0.3 is 0 Å². The Labute approximate surface area is 119 Å². The second kappa shape index (κ2) is 4.74. The van der Waals surface area contributed by atoms with Crippen LogP contribution in [0.25, 0.3) is 0 Å². The molecular weight excluding hydrogens is 351 g/mol. The van der Waals surface area contributed by atoms with Crippen LogP contribution in [0.5, 0.6) is 0 Å². The van der Waals surface area contributed by atoms with Crippen LogP contribution < -0.4 is 33.4 Å². The van der Waals surface area contributed by atoms with Crippen molar-refractivity contribution in [3.8, 4) is 0 Å². The van der Waals surface area contributed by atoms with Crippen LogP contribution in [0.3, 0.4) is 0 Å². The fourth-order valence-electron chi connectivity index (χ4n) is 2.64. The van der Waals surface area contributed by atoms with Crippen molar-refractivity contribution in [3.05, 3.63) is 0 Å². The van der Waals surface area contributed by atoms with Crippen LogP contribution in [0.2, 0.25) is 0 Å². The fourth-order valence-corrected chi connectivity index (χ4v) is 3.21. The van der Waals surface area contributed by atoms with Gasteiger partial charge in [-0.25, -0.2) is 0 Å². The number of likely N-dealkylation sites (N-methyl/N-ethyl adjacent to an activating group) is 1. The molecule has 0 radical (unpaired) electrons. The van der Waals surface area contributed by atoms with Crippen molar-refractivity contribution in [1.82, 2.24) is 15.3 Å². The number of hydrogen-bond donors (Lipinski definition) is 2. The standard InChI is InChI=1S/C10H16IN4O3/c1-13-10(4-7(12)16)5-14-3-2-6(8(11)17)15(14)9(10)18/h6,11,13H,2-5H2,1H3,(H2,12,16)/q-1/i11D. The molecule has 8 heteroatoms. The maximum absolute atomic E-state index is 12.5. The average molecular weight is 368 g/mol. The molecule has 2 aliphatic rings. The third kappa shape index (κ3) is 2.01. The number of nitrogens with two attached hydrogens (primary N) is 1. The molecule has 2 atom stereocenters. The Kier molecular flexibility index (Phi) is 3.24. The van der Waals surface area contributed by atoms with Crippen molar-refractivity contribution >= 4 is 15.6 Å². The SMILES string of the molecule is [2H][I-]C(=O)C1CCN2CC(CC(N)=O)(NC)C(=O)N12. The topological polar surface area (TPSA) is 95.7 Å². The van der Waals surface area contributed by atoms with Gasteiger partial charge in [-0.15, -0.1) is 0 Å². The Morgan fingerprint density at radius 3 is 3.00 bits per heavy atom. The van der Waals surface area contributed by atoms with E-state index in [0.29, 0.717) is 19.5 Å². The van der Waals surface area contributed by atoms with E-state index in [0.717, 1.165) is 0 Å². The predicted octanol–water partition coefficient (Wildman–Crippen LogP) is -5.54. The van der Waals surface area contributed by atoms with Gasteiger partial charge in [-0.1, -0.05) is 0 Å². The Hall–Kier alpha value is -0.740. The van der Waals surface area contributed by atoms with Gasteiger partial charge in [0.15, 0.2) is 0 Å². The Bertz CT molecular complexity index is 435. The monoisotopic (exact) mass is 368 g/mol. The Balaban J connectivity index is 2.25. The molecule has 2 unspecified atom stereocenters. The number of primary amides is 1. The second-order valence-electron chi connectivity index (χ2n) is 4.62. The first kappa shape index (κ1) is 12.3. The van der Waals surface area contributed by atoms with Crippen LogP contribution in [0.15, 0.2) is 0 Å². The van der Waals surface area contributed by atoms with Crippen molar-refractivity contribution < 1.29 is 36.8 Å². The van der Waals surface area contributed by atoms with Gasteiger partial charge in [0, 0.05) is 0 Å². The fraction of sp³-hybridized carbons (Fsp3) is 0.700.